The first-order valence-corrected chi connectivity index (χ1v) is 13.0. The van der Waals surface area contributed by atoms with Crippen LogP contribution in [-0.2, 0) is 21.1 Å². The van der Waals surface area contributed by atoms with Gasteiger partial charge >= 0.3 is 0 Å². The van der Waals surface area contributed by atoms with Gasteiger partial charge in [-0.25, -0.2) is 8.42 Å². The van der Waals surface area contributed by atoms with Crippen molar-refractivity contribution >= 4 is 15.7 Å². The molecule has 10 heteroatoms. The summed E-state index contributed by atoms with van der Waals surface area (Å²) in [7, 11) is -1.59. The lowest BCUT2D eigenvalue weighted by atomic mass is 10.0. The Kier molecular flexibility index (Phi) is 8.67. The molecule has 34 heavy (non-hydrogen) atoms. The maximum atomic E-state index is 13.2. The highest BCUT2D eigenvalue weighted by Gasteiger charge is 2.28. The summed E-state index contributed by atoms with van der Waals surface area (Å²) in [5.74, 6) is 0.309. The van der Waals surface area contributed by atoms with E-state index in [9.17, 15) is 18.3 Å². The summed E-state index contributed by atoms with van der Waals surface area (Å²) >= 11 is 0. The molecule has 0 bridgehead atoms. The molecule has 1 saturated heterocycles. The molecule has 1 heterocycles. The van der Waals surface area contributed by atoms with Gasteiger partial charge in [-0.05, 0) is 41.8 Å². The first-order valence-electron chi connectivity index (χ1n) is 11.1. The number of likely N-dealkylation sites (tertiary alicyclic amines) is 1. The van der Waals surface area contributed by atoms with Gasteiger partial charge in [-0.1, -0.05) is 24.3 Å². The first-order chi connectivity index (χ1) is 16.0. The van der Waals surface area contributed by atoms with Crippen molar-refractivity contribution in [3.8, 4) is 5.75 Å². The van der Waals surface area contributed by atoms with Gasteiger partial charge in [0.1, 0.15) is 12.4 Å². The van der Waals surface area contributed by atoms with Crippen molar-refractivity contribution in [3.63, 3.8) is 0 Å². The number of carbonyl (C=O) groups is 1. The summed E-state index contributed by atoms with van der Waals surface area (Å²) in [5.41, 5.74) is 1.52. The normalized spacial score (nSPS) is 17.6. The highest BCUT2D eigenvalue weighted by atomic mass is 32.2. The van der Waals surface area contributed by atoms with E-state index in [1.165, 1.54) is 12.1 Å². The predicted octanol–water partition coefficient (Wildman–Crippen LogP) is 0.588. The van der Waals surface area contributed by atoms with E-state index in [4.69, 9.17) is 14.9 Å². The largest absolute Gasteiger partial charge is 0.488 e. The summed E-state index contributed by atoms with van der Waals surface area (Å²) in [6.07, 6.45) is -0.0687. The number of ether oxygens (including phenoxy) is 1. The number of amides is 1. The molecule has 0 radical (unpaired) electrons. The number of nitrogens with zero attached hydrogens (tertiary/aromatic N) is 2. The molecule has 1 unspecified atom stereocenters. The quantitative estimate of drug-likeness (QED) is 0.411. The Morgan fingerprint density at radius 3 is 2.50 bits per heavy atom. The van der Waals surface area contributed by atoms with Crippen LogP contribution in [-0.4, -0.2) is 91.4 Å². The second kappa shape index (κ2) is 11.3. The van der Waals surface area contributed by atoms with Crippen molar-refractivity contribution in [2.75, 3.05) is 39.5 Å². The number of carbonyl (C=O) groups excluding carboxylic acids is 1. The van der Waals surface area contributed by atoms with Crippen molar-refractivity contribution in [2.45, 2.75) is 36.2 Å². The predicted molar refractivity (Wildman–Crippen MR) is 126 cm³/mol. The molecule has 2 aromatic carbocycles. The second-order valence-corrected chi connectivity index (χ2v) is 10.7. The minimum atomic E-state index is -3.31. The van der Waals surface area contributed by atoms with E-state index >= 15 is 0 Å². The number of aliphatic hydroxyl groups is 3. The first kappa shape index (κ1) is 26.1. The number of aliphatic hydroxyl groups excluding tert-OH is 2. The molecule has 9 nitrogen and oxygen atoms in total. The van der Waals surface area contributed by atoms with E-state index in [2.05, 4.69) is 4.90 Å². The SMILES string of the molecule is CN(C(=O)Cc1ccc(S(C)(=O)=O)cc1)[C@H](CN1CCC(O)C1)c1cccc(OCC(O)O)c1. The minimum absolute atomic E-state index is 0.104. The maximum absolute atomic E-state index is 13.2. The third-order valence-electron chi connectivity index (χ3n) is 5.89. The topological polar surface area (TPSA) is 128 Å². The van der Waals surface area contributed by atoms with Gasteiger partial charge in [-0.3, -0.25) is 9.69 Å². The second-order valence-electron chi connectivity index (χ2n) is 8.68. The monoisotopic (exact) mass is 492 g/mol. The molecule has 3 N–H and O–H groups in total. The van der Waals surface area contributed by atoms with Gasteiger partial charge in [0.15, 0.2) is 16.1 Å². The molecule has 1 aliphatic heterocycles. The number of rotatable bonds is 10. The number of benzene rings is 2. The van der Waals surface area contributed by atoms with E-state index in [1.807, 2.05) is 6.07 Å². The van der Waals surface area contributed by atoms with Gasteiger partial charge in [0.05, 0.1) is 23.5 Å². The van der Waals surface area contributed by atoms with Crippen LogP contribution in [0.1, 0.15) is 23.6 Å². The summed E-state index contributed by atoms with van der Waals surface area (Å²) in [6.45, 7) is 1.49. The zero-order valence-electron chi connectivity index (χ0n) is 19.4. The Morgan fingerprint density at radius 1 is 1.21 bits per heavy atom. The van der Waals surface area contributed by atoms with Crippen LogP contribution in [0, 0.1) is 0 Å². The molecule has 0 aromatic heterocycles. The molecule has 2 atom stereocenters. The standard InChI is InChI=1S/C24H32N2O7S/c1-25(23(28)12-17-6-8-21(9-7-17)34(2,31)32)22(15-26-11-10-19(27)14-26)18-4-3-5-20(13-18)33-16-24(29)30/h3-9,13,19,22,24,27,29-30H,10-12,14-16H2,1-2H3/t19?,22-/m1/s1. The summed E-state index contributed by atoms with van der Waals surface area (Å²) in [4.78, 5) is 17.1. The van der Waals surface area contributed by atoms with Gasteiger partial charge < -0.3 is 25.0 Å². The van der Waals surface area contributed by atoms with Crippen molar-refractivity contribution in [2.24, 2.45) is 0 Å². The third-order valence-corrected chi connectivity index (χ3v) is 7.02. The highest BCUT2D eigenvalue weighted by Crippen LogP contribution is 2.27. The van der Waals surface area contributed by atoms with Crippen LogP contribution in [0.2, 0.25) is 0 Å². The van der Waals surface area contributed by atoms with Gasteiger partial charge in [0.25, 0.3) is 0 Å². The zero-order chi connectivity index (χ0) is 24.9. The molecule has 1 fully saturated rings. The lowest BCUT2D eigenvalue weighted by molar-refractivity contribution is -0.131. The molecule has 2 aromatic rings. The van der Waals surface area contributed by atoms with Gasteiger partial charge in [-0.2, -0.15) is 0 Å². The Morgan fingerprint density at radius 2 is 1.91 bits per heavy atom. The van der Waals surface area contributed by atoms with Crippen LogP contribution in [0.3, 0.4) is 0 Å². The number of hydrogen-bond acceptors (Lipinski definition) is 8. The van der Waals surface area contributed by atoms with Crippen molar-refractivity contribution in [1.29, 1.82) is 0 Å². The molecule has 0 saturated carbocycles. The highest BCUT2D eigenvalue weighted by molar-refractivity contribution is 7.90. The van der Waals surface area contributed by atoms with Gasteiger partial charge in [0, 0.05) is 32.9 Å². The van der Waals surface area contributed by atoms with E-state index < -0.39 is 22.2 Å². The van der Waals surface area contributed by atoms with E-state index in [1.54, 1.807) is 42.3 Å². The molecular formula is C24H32N2O7S. The van der Waals surface area contributed by atoms with Crippen molar-refractivity contribution < 1.29 is 33.3 Å². The Balaban J connectivity index is 1.79. The smallest absolute Gasteiger partial charge is 0.227 e. The van der Waals surface area contributed by atoms with E-state index in [-0.39, 0.29) is 29.9 Å². The van der Waals surface area contributed by atoms with Crippen LogP contribution < -0.4 is 4.74 Å². The van der Waals surface area contributed by atoms with Gasteiger partial charge in [0.2, 0.25) is 5.91 Å². The fraction of sp³-hybridized carbons (Fsp3) is 0.458. The third kappa shape index (κ3) is 7.25. The molecular weight excluding hydrogens is 460 g/mol. The molecule has 3 rings (SSSR count). The summed E-state index contributed by atoms with van der Waals surface area (Å²) in [5, 5.41) is 28.1. The Labute approximate surface area is 200 Å². The number of sulfone groups is 1. The van der Waals surface area contributed by atoms with Crippen molar-refractivity contribution in [3.05, 3.63) is 59.7 Å². The van der Waals surface area contributed by atoms with Crippen LogP contribution in [0.25, 0.3) is 0 Å². The van der Waals surface area contributed by atoms with Crippen LogP contribution >= 0.6 is 0 Å². The lowest BCUT2D eigenvalue weighted by Crippen LogP contribution is -2.39. The molecule has 1 aliphatic rings. The summed E-state index contributed by atoms with van der Waals surface area (Å²) < 4.78 is 28.8. The van der Waals surface area contributed by atoms with Crippen LogP contribution in [0.15, 0.2) is 53.4 Å². The molecule has 186 valence electrons. The number of hydrogen-bond donors (Lipinski definition) is 3. The van der Waals surface area contributed by atoms with E-state index in [0.29, 0.717) is 30.8 Å². The number of likely N-dealkylation sites (N-methyl/N-ethyl adjacent to an activating group) is 1. The zero-order valence-corrected chi connectivity index (χ0v) is 20.2. The average Bonchev–Trinajstić information content (AvgIpc) is 3.20. The molecule has 0 spiro atoms. The Hall–Kier alpha value is -2.50. The maximum Gasteiger partial charge on any atom is 0.227 e. The van der Waals surface area contributed by atoms with Crippen LogP contribution in [0.5, 0.6) is 5.75 Å². The molecule has 0 aliphatic carbocycles. The minimum Gasteiger partial charge on any atom is -0.488 e. The lowest BCUT2D eigenvalue weighted by Gasteiger charge is -2.32. The fourth-order valence-electron chi connectivity index (χ4n) is 3.98. The number of β-amino-alcohol motifs (C(OH)–C–C–N with tert-alkyl or cyclic N) is 1. The van der Waals surface area contributed by atoms with E-state index in [0.717, 1.165) is 18.4 Å². The van der Waals surface area contributed by atoms with Crippen molar-refractivity contribution in [1.82, 2.24) is 9.80 Å². The Bertz CT molecular complexity index is 1070. The van der Waals surface area contributed by atoms with Crippen LogP contribution in [0.4, 0.5) is 0 Å². The fourth-order valence-corrected chi connectivity index (χ4v) is 4.61. The average molecular weight is 493 g/mol. The van der Waals surface area contributed by atoms with Gasteiger partial charge in [-0.15, -0.1) is 0 Å². The summed E-state index contributed by atoms with van der Waals surface area (Å²) in [6, 6.07) is 13.1. The molecule has 1 amide bonds.